The minimum absolute atomic E-state index is 0.104. The molecule has 162 valence electrons. The van der Waals surface area contributed by atoms with Gasteiger partial charge in [-0.3, -0.25) is 4.79 Å². The molecule has 0 fully saturated rings. The van der Waals surface area contributed by atoms with E-state index in [1.54, 1.807) is 12.1 Å². The third-order valence-corrected chi connectivity index (χ3v) is 5.01. The van der Waals surface area contributed by atoms with Crippen molar-refractivity contribution in [3.05, 3.63) is 95.8 Å². The molecule has 0 aliphatic rings. The van der Waals surface area contributed by atoms with Crippen LogP contribution in [0, 0.1) is 20.8 Å². The first-order valence-electron chi connectivity index (χ1n) is 10.4. The van der Waals surface area contributed by atoms with E-state index in [1.807, 2.05) is 92.2 Å². The molecule has 6 heteroatoms. The highest BCUT2D eigenvalue weighted by Gasteiger charge is 2.15. The third-order valence-electron chi connectivity index (χ3n) is 5.01. The molecule has 32 heavy (non-hydrogen) atoms. The van der Waals surface area contributed by atoms with Gasteiger partial charge in [0.05, 0.1) is 22.8 Å². The van der Waals surface area contributed by atoms with Gasteiger partial charge < -0.3 is 14.8 Å². The lowest BCUT2D eigenvalue weighted by molar-refractivity contribution is -0.118. The molecule has 0 aliphatic heterocycles. The van der Waals surface area contributed by atoms with Crippen LogP contribution in [0.15, 0.2) is 78.9 Å². The molecule has 0 spiro atoms. The molecule has 1 heterocycles. The van der Waals surface area contributed by atoms with Crippen molar-refractivity contribution in [3.8, 4) is 22.9 Å². The molecule has 3 aromatic carbocycles. The van der Waals surface area contributed by atoms with Crippen molar-refractivity contribution in [2.24, 2.45) is 0 Å². The molecule has 6 nitrogen and oxygen atoms in total. The smallest absolute Gasteiger partial charge is 0.262 e. The second-order valence-electron chi connectivity index (χ2n) is 7.52. The van der Waals surface area contributed by atoms with E-state index >= 15 is 0 Å². The van der Waals surface area contributed by atoms with Gasteiger partial charge >= 0.3 is 0 Å². The fourth-order valence-corrected chi connectivity index (χ4v) is 3.31. The van der Waals surface area contributed by atoms with Crippen molar-refractivity contribution in [3.63, 3.8) is 0 Å². The summed E-state index contributed by atoms with van der Waals surface area (Å²) in [6.45, 7) is 5.73. The lowest BCUT2D eigenvalue weighted by Crippen LogP contribution is -2.20. The molecule has 0 atom stereocenters. The summed E-state index contributed by atoms with van der Waals surface area (Å²) in [6.07, 6.45) is 0. The zero-order valence-corrected chi connectivity index (χ0v) is 18.3. The molecule has 4 aromatic rings. The van der Waals surface area contributed by atoms with Gasteiger partial charge in [0.2, 0.25) is 0 Å². The Balaban J connectivity index is 1.34. The Morgan fingerprint density at radius 3 is 2.09 bits per heavy atom. The van der Waals surface area contributed by atoms with Crippen LogP contribution in [0.4, 0.5) is 5.69 Å². The van der Waals surface area contributed by atoms with Crippen LogP contribution in [0.2, 0.25) is 0 Å². The zero-order chi connectivity index (χ0) is 22.5. The Morgan fingerprint density at radius 2 is 1.44 bits per heavy atom. The number of para-hydroxylation sites is 1. The molecule has 0 unspecified atom stereocenters. The van der Waals surface area contributed by atoms with E-state index in [0.717, 1.165) is 22.8 Å². The second kappa shape index (κ2) is 9.39. The number of hydrogen-bond donors (Lipinski definition) is 1. The van der Waals surface area contributed by atoms with Crippen molar-refractivity contribution in [1.82, 2.24) is 9.78 Å². The number of amides is 1. The summed E-state index contributed by atoms with van der Waals surface area (Å²) in [7, 11) is 0. The molecule has 0 saturated carbocycles. The molecule has 1 aromatic heterocycles. The summed E-state index contributed by atoms with van der Waals surface area (Å²) in [4.78, 5) is 12.5. The van der Waals surface area contributed by atoms with Crippen LogP contribution < -0.4 is 14.8 Å². The lowest BCUT2D eigenvalue weighted by Gasteiger charge is -2.10. The standard InChI is InChI=1S/C26H25N3O3/c1-18-9-11-23(12-10-18)32-24-15-13-22(14-16-24)31-17-25(30)27-26-19(2)28-29(20(26)3)21-7-5-4-6-8-21/h4-16H,17H2,1-3H3,(H,27,30). The molecule has 0 radical (unpaired) electrons. The van der Waals surface area contributed by atoms with E-state index in [4.69, 9.17) is 9.47 Å². The number of aromatic nitrogens is 2. The van der Waals surface area contributed by atoms with E-state index in [2.05, 4.69) is 10.4 Å². The molecule has 1 amide bonds. The average Bonchev–Trinajstić information content (AvgIpc) is 3.09. The van der Waals surface area contributed by atoms with Crippen LogP contribution in [0.1, 0.15) is 17.0 Å². The maximum Gasteiger partial charge on any atom is 0.262 e. The maximum absolute atomic E-state index is 12.5. The first-order valence-corrected chi connectivity index (χ1v) is 10.4. The predicted molar refractivity (Wildman–Crippen MR) is 125 cm³/mol. The number of ether oxygens (including phenoxy) is 2. The molecule has 1 N–H and O–H groups in total. The van der Waals surface area contributed by atoms with E-state index in [1.165, 1.54) is 5.56 Å². The van der Waals surface area contributed by atoms with E-state index in [-0.39, 0.29) is 12.5 Å². The van der Waals surface area contributed by atoms with Crippen molar-refractivity contribution < 1.29 is 14.3 Å². The number of nitrogens with zero attached hydrogens (tertiary/aromatic N) is 2. The molecule has 0 saturated heterocycles. The van der Waals surface area contributed by atoms with Gasteiger partial charge in [-0.2, -0.15) is 5.10 Å². The van der Waals surface area contributed by atoms with Crippen LogP contribution in [-0.4, -0.2) is 22.3 Å². The van der Waals surface area contributed by atoms with Crippen molar-refractivity contribution in [2.75, 3.05) is 11.9 Å². The van der Waals surface area contributed by atoms with Gasteiger partial charge in [-0.25, -0.2) is 4.68 Å². The van der Waals surface area contributed by atoms with Gasteiger partial charge in [-0.05, 0) is 69.3 Å². The Hall–Kier alpha value is -4.06. The summed E-state index contributed by atoms with van der Waals surface area (Å²) in [5.41, 5.74) is 4.43. The molecule has 0 aliphatic carbocycles. The highest BCUT2D eigenvalue weighted by atomic mass is 16.5. The minimum atomic E-state index is -0.246. The Morgan fingerprint density at radius 1 is 0.844 bits per heavy atom. The lowest BCUT2D eigenvalue weighted by atomic mass is 10.2. The monoisotopic (exact) mass is 427 g/mol. The van der Waals surface area contributed by atoms with Gasteiger partial charge in [0.1, 0.15) is 17.2 Å². The van der Waals surface area contributed by atoms with E-state index in [0.29, 0.717) is 17.2 Å². The summed E-state index contributed by atoms with van der Waals surface area (Å²) >= 11 is 0. The number of anilines is 1. The summed E-state index contributed by atoms with van der Waals surface area (Å²) in [6, 6.07) is 24.8. The van der Waals surface area contributed by atoms with Crippen LogP contribution in [-0.2, 0) is 4.79 Å². The van der Waals surface area contributed by atoms with E-state index in [9.17, 15) is 4.79 Å². The number of aryl methyl sites for hydroxylation is 2. The summed E-state index contributed by atoms with van der Waals surface area (Å²) in [5, 5.41) is 7.46. The first kappa shape index (κ1) is 21.2. The van der Waals surface area contributed by atoms with Gasteiger partial charge in [0, 0.05) is 0 Å². The highest BCUT2D eigenvalue weighted by molar-refractivity contribution is 5.93. The Kier molecular flexibility index (Phi) is 6.22. The molecule has 0 bridgehead atoms. The van der Waals surface area contributed by atoms with Crippen LogP contribution in [0.5, 0.6) is 17.2 Å². The highest BCUT2D eigenvalue weighted by Crippen LogP contribution is 2.25. The molecular formula is C26H25N3O3. The first-order chi connectivity index (χ1) is 15.5. The van der Waals surface area contributed by atoms with Crippen molar-refractivity contribution >= 4 is 11.6 Å². The maximum atomic E-state index is 12.5. The van der Waals surface area contributed by atoms with Crippen LogP contribution in [0.3, 0.4) is 0 Å². The van der Waals surface area contributed by atoms with Crippen molar-refractivity contribution in [2.45, 2.75) is 20.8 Å². The molecular weight excluding hydrogens is 402 g/mol. The largest absolute Gasteiger partial charge is 0.484 e. The zero-order valence-electron chi connectivity index (χ0n) is 18.3. The number of carbonyl (C=O) groups is 1. The van der Waals surface area contributed by atoms with Gasteiger partial charge in [-0.15, -0.1) is 0 Å². The van der Waals surface area contributed by atoms with Crippen LogP contribution >= 0.6 is 0 Å². The number of rotatable bonds is 7. The third kappa shape index (κ3) is 4.98. The topological polar surface area (TPSA) is 65.4 Å². The summed E-state index contributed by atoms with van der Waals surface area (Å²) in [5.74, 6) is 1.81. The summed E-state index contributed by atoms with van der Waals surface area (Å²) < 4.78 is 13.3. The number of hydrogen-bond acceptors (Lipinski definition) is 4. The minimum Gasteiger partial charge on any atom is -0.484 e. The predicted octanol–water partition coefficient (Wildman–Crippen LogP) is 5.61. The van der Waals surface area contributed by atoms with Gasteiger partial charge in [0.15, 0.2) is 6.61 Å². The Bertz CT molecular complexity index is 1200. The molecule has 4 rings (SSSR count). The van der Waals surface area contributed by atoms with E-state index < -0.39 is 0 Å². The Labute approximate surface area is 187 Å². The fraction of sp³-hybridized carbons (Fsp3) is 0.154. The average molecular weight is 428 g/mol. The van der Waals surface area contributed by atoms with Gasteiger partial charge in [-0.1, -0.05) is 35.9 Å². The van der Waals surface area contributed by atoms with Gasteiger partial charge in [0.25, 0.3) is 5.91 Å². The van der Waals surface area contributed by atoms with Crippen molar-refractivity contribution in [1.29, 1.82) is 0 Å². The normalized spacial score (nSPS) is 10.6. The fourth-order valence-electron chi connectivity index (χ4n) is 3.31. The number of benzene rings is 3. The quantitative estimate of drug-likeness (QED) is 0.416. The number of nitrogens with one attached hydrogen (secondary N) is 1. The second-order valence-corrected chi connectivity index (χ2v) is 7.52. The number of carbonyl (C=O) groups excluding carboxylic acids is 1. The SMILES string of the molecule is Cc1ccc(Oc2ccc(OCC(=O)Nc3c(C)nn(-c4ccccc4)c3C)cc2)cc1. The van der Waals surface area contributed by atoms with Crippen LogP contribution in [0.25, 0.3) is 5.69 Å².